The monoisotopic (exact) mass is 501 g/mol. The Morgan fingerprint density at radius 1 is 0.909 bits per heavy atom. The fourth-order valence-corrected chi connectivity index (χ4v) is 4.11. The Morgan fingerprint density at radius 3 is 2.58 bits per heavy atom. The molecule has 2 aromatic heterocycles. The first kappa shape index (κ1) is 21.0. The number of halogens is 1. The summed E-state index contributed by atoms with van der Waals surface area (Å²) in [5.74, 6) is -0.519. The second kappa shape index (κ2) is 8.91. The molecule has 0 fully saturated rings. The molecule has 0 radical (unpaired) electrons. The number of nitrogens with one attached hydrogen (secondary N) is 2. The highest BCUT2D eigenvalue weighted by Gasteiger charge is 2.10. The average molecular weight is 502 g/mol. The average Bonchev–Trinajstić information content (AvgIpc) is 3.42. The number of benzene rings is 3. The zero-order chi connectivity index (χ0) is 22.8. The topological polar surface area (TPSA) is 81.0 Å². The van der Waals surface area contributed by atoms with Gasteiger partial charge in [0.05, 0.1) is 17.6 Å². The van der Waals surface area contributed by atoms with Gasteiger partial charge in [-0.2, -0.15) is 0 Å². The van der Waals surface area contributed by atoms with Gasteiger partial charge in [0.15, 0.2) is 0 Å². The van der Waals surface area contributed by atoms with Crippen LogP contribution in [0.5, 0.6) is 0 Å². The number of aromatic nitrogens is 3. The smallest absolute Gasteiger partial charge is 0.243 e. The summed E-state index contributed by atoms with van der Waals surface area (Å²) in [6.45, 7) is 0.0381. The molecule has 0 atom stereocenters. The van der Waals surface area contributed by atoms with Gasteiger partial charge in [-0.25, -0.2) is 4.98 Å². The van der Waals surface area contributed by atoms with Crippen LogP contribution in [0.3, 0.4) is 0 Å². The fraction of sp³-hybridized carbons (Fsp3) is 0.0800. The van der Waals surface area contributed by atoms with Gasteiger partial charge in [-0.3, -0.25) is 14.2 Å². The lowest BCUT2D eigenvalue weighted by molar-refractivity contribution is -0.124. The highest BCUT2D eigenvalue weighted by Crippen LogP contribution is 2.21. The van der Waals surface area contributed by atoms with E-state index >= 15 is 0 Å². The normalized spacial score (nSPS) is 11.1. The summed E-state index contributed by atoms with van der Waals surface area (Å²) in [4.78, 5) is 29.1. The van der Waals surface area contributed by atoms with Crippen molar-refractivity contribution in [3.05, 3.63) is 89.8 Å². The van der Waals surface area contributed by atoms with E-state index in [0.717, 1.165) is 32.1 Å². The number of para-hydroxylation sites is 2. The van der Waals surface area contributed by atoms with Crippen molar-refractivity contribution in [1.82, 2.24) is 19.4 Å². The highest BCUT2D eigenvalue weighted by atomic mass is 79.9. The summed E-state index contributed by atoms with van der Waals surface area (Å²) in [6.07, 6.45) is 3.64. The van der Waals surface area contributed by atoms with Crippen molar-refractivity contribution in [3.63, 3.8) is 0 Å². The number of amides is 2. The van der Waals surface area contributed by atoms with E-state index in [0.29, 0.717) is 5.69 Å². The van der Waals surface area contributed by atoms with Crippen molar-refractivity contribution >= 4 is 55.4 Å². The van der Waals surface area contributed by atoms with E-state index in [4.69, 9.17) is 0 Å². The molecule has 0 aliphatic heterocycles. The molecule has 0 saturated carbocycles. The van der Waals surface area contributed by atoms with Crippen LogP contribution < -0.4 is 10.6 Å². The largest absolute Gasteiger partial charge is 0.345 e. The van der Waals surface area contributed by atoms with Crippen LogP contribution in [0, 0.1) is 0 Å². The van der Waals surface area contributed by atoms with Crippen molar-refractivity contribution in [2.24, 2.45) is 0 Å². The molecule has 5 rings (SSSR count). The molecule has 7 nitrogen and oxygen atoms in total. The Bertz CT molecular complexity index is 1470. The minimum Gasteiger partial charge on any atom is -0.345 e. The number of anilines is 1. The second-order valence-electron chi connectivity index (χ2n) is 7.62. The first-order valence-corrected chi connectivity index (χ1v) is 11.2. The molecule has 8 heteroatoms. The van der Waals surface area contributed by atoms with E-state index in [1.54, 1.807) is 6.33 Å². The molecule has 2 N–H and O–H groups in total. The summed E-state index contributed by atoms with van der Waals surface area (Å²) in [5, 5.41) is 6.54. The number of carbonyl (C=O) groups is 2. The standard InChI is InChI=1S/C25H20BrN5O2/c26-18-6-5-17-11-12-30(23(17)13-18)15-25(33)27-14-24(32)29-19-7-9-20(10-8-19)31-16-28-21-3-1-2-4-22(21)31/h1-13,16H,14-15H2,(H,27,33)(H,29,32). The maximum Gasteiger partial charge on any atom is 0.243 e. The minimum absolute atomic E-state index is 0.102. The van der Waals surface area contributed by atoms with E-state index in [1.807, 2.05) is 88.1 Å². The lowest BCUT2D eigenvalue weighted by Crippen LogP contribution is -2.34. The van der Waals surface area contributed by atoms with Crippen LogP contribution in [0.25, 0.3) is 27.6 Å². The van der Waals surface area contributed by atoms with Crippen LogP contribution in [0.4, 0.5) is 5.69 Å². The summed E-state index contributed by atoms with van der Waals surface area (Å²) in [6, 6.07) is 23.3. The van der Waals surface area contributed by atoms with Gasteiger partial charge >= 0.3 is 0 Å². The Labute approximate surface area is 198 Å². The van der Waals surface area contributed by atoms with Gasteiger partial charge in [0, 0.05) is 27.6 Å². The number of rotatable bonds is 6. The molecule has 33 heavy (non-hydrogen) atoms. The van der Waals surface area contributed by atoms with Crippen molar-refractivity contribution in [3.8, 4) is 5.69 Å². The van der Waals surface area contributed by atoms with Gasteiger partial charge in [0.25, 0.3) is 0 Å². The summed E-state index contributed by atoms with van der Waals surface area (Å²) in [5.41, 5.74) is 4.49. The fourth-order valence-electron chi connectivity index (χ4n) is 3.76. The van der Waals surface area contributed by atoms with Crippen LogP contribution >= 0.6 is 15.9 Å². The Hall–Kier alpha value is -3.91. The van der Waals surface area contributed by atoms with Crippen molar-refractivity contribution in [2.75, 3.05) is 11.9 Å². The molecule has 164 valence electrons. The quantitative estimate of drug-likeness (QED) is 0.359. The highest BCUT2D eigenvalue weighted by molar-refractivity contribution is 9.10. The number of imidazole rings is 1. The number of nitrogens with zero attached hydrogens (tertiary/aromatic N) is 3. The molecular weight excluding hydrogens is 482 g/mol. The van der Waals surface area contributed by atoms with Crippen LogP contribution in [0.2, 0.25) is 0 Å². The molecular formula is C25H20BrN5O2. The van der Waals surface area contributed by atoms with Crippen LogP contribution in [0.15, 0.2) is 89.8 Å². The molecule has 3 aromatic carbocycles. The Kier molecular flexibility index (Phi) is 5.66. The predicted octanol–water partition coefficient (Wildman–Crippen LogP) is 4.50. The van der Waals surface area contributed by atoms with Gasteiger partial charge in [0.1, 0.15) is 12.9 Å². The number of hydrogen-bond donors (Lipinski definition) is 2. The lowest BCUT2D eigenvalue weighted by Gasteiger charge is -2.10. The molecule has 0 saturated heterocycles. The minimum atomic E-state index is -0.288. The maximum atomic E-state index is 12.3. The van der Waals surface area contributed by atoms with Gasteiger partial charge < -0.3 is 15.2 Å². The third-order valence-electron chi connectivity index (χ3n) is 5.38. The summed E-state index contributed by atoms with van der Waals surface area (Å²) in [7, 11) is 0. The maximum absolute atomic E-state index is 12.3. The van der Waals surface area contributed by atoms with Crippen molar-refractivity contribution < 1.29 is 9.59 Å². The van der Waals surface area contributed by atoms with Gasteiger partial charge in [-0.1, -0.05) is 34.1 Å². The van der Waals surface area contributed by atoms with Crippen LogP contribution in [-0.4, -0.2) is 32.5 Å². The Balaban J connectivity index is 1.17. The van der Waals surface area contributed by atoms with Gasteiger partial charge in [0.2, 0.25) is 11.8 Å². The third kappa shape index (κ3) is 4.51. The molecule has 0 aliphatic rings. The van der Waals surface area contributed by atoms with Gasteiger partial charge in [-0.05, 0) is 60.0 Å². The van der Waals surface area contributed by atoms with Crippen LogP contribution in [-0.2, 0) is 16.1 Å². The molecule has 0 aliphatic carbocycles. The molecule has 0 spiro atoms. The van der Waals surface area contributed by atoms with Crippen molar-refractivity contribution in [1.29, 1.82) is 0 Å². The van der Waals surface area contributed by atoms with Crippen LogP contribution in [0.1, 0.15) is 0 Å². The van der Waals surface area contributed by atoms with E-state index in [-0.39, 0.29) is 24.9 Å². The summed E-state index contributed by atoms with van der Waals surface area (Å²) < 4.78 is 4.79. The predicted molar refractivity (Wildman–Crippen MR) is 132 cm³/mol. The number of hydrogen-bond acceptors (Lipinski definition) is 3. The van der Waals surface area contributed by atoms with E-state index in [9.17, 15) is 9.59 Å². The van der Waals surface area contributed by atoms with E-state index in [2.05, 4.69) is 31.5 Å². The SMILES string of the molecule is O=C(Cn1ccc2ccc(Br)cc21)NCC(=O)Nc1ccc(-n2cnc3ccccc32)cc1. The first-order chi connectivity index (χ1) is 16.1. The third-order valence-corrected chi connectivity index (χ3v) is 5.87. The van der Waals surface area contributed by atoms with E-state index in [1.165, 1.54) is 0 Å². The van der Waals surface area contributed by atoms with Gasteiger partial charge in [-0.15, -0.1) is 0 Å². The molecule has 5 aromatic rings. The zero-order valence-corrected chi connectivity index (χ0v) is 19.1. The zero-order valence-electron chi connectivity index (χ0n) is 17.5. The molecule has 0 bridgehead atoms. The molecule has 2 heterocycles. The molecule has 2 amide bonds. The van der Waals surface area contributed by atoms with Crippen molar-refractivity contribution in [2.45, 2.75) is 6.54 Å². The lowest BCUT2D eigenvalue weighted by atomic mass is 10.2. The number of carbonyl (C=O) groups excluding carboxylic acids is 2. The number of fused-ring (bicyclic) bond motifs is 2. The molecule has 0 unspecified atom stereocenters. The second-order valence-corrected chi connectivity index (χ2v) is 8.54. The summed E-state index contributed by atoms with van der Waals surface area (Å²) >= 11 is 3.45. The first-order valence-electron chi connectivity index (χ1n) is 10.4. The Morgan fingerprint density at radius 2 is 1.73 bits per heavy atom. The van der Waals surface area contributed by atoms with E-state index < -0.39 is 0 Å².